The van der Waals surface area contributed by atoms with E-state index in [0.717, 1.165) is 25.7 Å². The van der Waals surface area contributed by atoms with Gasteiger partial charge in [-0.2, -0.15) is 0 Å². The van der Waals surface area contributed by atoms with Crippen LogP contribution in [-0.2, 0) is 9.59 Å². The van der Waals surface area contributed by atoms with Gasteiger partial charge in [0.15, 0.2) is 0 Å². The van der Waals surface area contributed by atoms with Crippen molar-refractivity contribution in [3.8, 4) is 5.75 Å². The van der Waals surface area contributed by atoms with E-state index in [1.807, 2.05) is 0 Å². The second kappa shape index (κ2) is 6.40. The number of carbonyl (C=O) groups is 2. The van der Waals surface area contributed by atoms with E-state index in [2.05, 4.69) is 10.6 Å². The molecule has 0 radical (unpaired) electrons. The van der Waals surface area contributed by atoms with Crippen LogP contribution in [-0.4, -0.2) is 25.0 Å². The summed E-state index contributed by atoms with van der Waals surface area (Å²) in [6.45, 7) is 0. The van der Waals surface area contributed by atoms with Crippen molar-refractivity contribution in [3.05, 3.63) is 23.2 Å². The van der Waals surface area contributed by atoms with E-state index in [9.17, 15) is 9.59 Å². The Morgan fingerprint density at radius 2 is 1.91 bits per heavy atom. The summed E-state index contributed by atoms with van der Waals surface area (Å²) in [5.41, 5.74) is -0.338. The van der Waals surface area contributed by atoms with Gasteiger partial charge in [0.05, 0.1) is 12.1 Å². The van der Waals surface area contributed by atoms with Crippen LogP contribution in [0.3, 0.4) is 0 Å². The predicted octanol–water partition coefficient (Wildman–Crippen LogP) is 3.13. The van der Waals surface area contributed by atoms with E-state index in [1.54, 1.807) is 18.2 Å². The van der Waals surface area contributed by atoms with Gasteiger partial charge in [-0.15, -0.1) is 0 Å². The standard InChI is InChI=1S/C17H21ClN2O3/c1-23-14-7-6-12(10-13(14)18)20-16(22)17(8-9-17)15(21)19-11-4-2-3-5-11/h6-7,10-11H,2-5,8-9H2,1H3,(H,19,21)(H,20,22). The Morgan fingerprint density at radius 3 is 2.48 bits per heavy atom. The minimum Gasteiger partial charge on any atom is -0.495 e. The second-order valence-electron chi connectivity index (χ2n) is 6.34. The molecule has 0 spiro atoms. The van der Waals surface area contributed by atoms with Crippen LogP contribution < -0.4 is 15.4 Å². The predicted molar refractivity (Wildman–Crippen MR) is 88.7 cm³/mol. The van der Waals surface area contributed by atoms with Crippen LogP contribution in [0, 0.1) is 5.41 Å². The summed E-state index contributed by atoms with van der Waals surface area (Å²) < 4.78 is 5.09. The first kappa shape index (κ1) is 16.1. The van der Waals surface area contributed by atoms with Crippen LogP contribution in [0.2, 0.25) is 5.02 Å². The van der Waals surface area contributed by atoms with E-state index in [4.69, 9.17) is 16.3 Å². The Kier molecular flexibility index (Phi) is 4.48. The third-order valence-electron chi connectivity index (χ3n) is 4.72. The average molecular weight is 337 g/mol. The van der Waals surface area contributed by atoms with E-state index in [-0.39, 0.29) is 17.9 Å². The van der Waals surface area contributed by atoms with Crippen LogP contribution in [0.15, 0.2) is 18.2 Å². The third-order valence-corrected chi connectivity index (χ3v) is 5.01. The van der Waals surface area contributed by atoms with Crippen LogP contribution in [0.5, 0.6) is 5.75 Å². The van der Waals surface area contributed by atoms with Crippen LogP contribution >= 0.6 is 11.6 Å². The second-order valence-corrected chi connectivity index (χ2v) is 6.75. The molecule has 2 saturated carbocycles. The highest BCUT2D eigenvalue weighted by atomic mass is 35.5. The summed E-state index contributed by atoms with van der Waals surface area (Å²) in [5, 5.41) is 6.26. The minimum atomic E-state index is -0.908. The molecular formula is C17H21ClN2O3. The molecular weight excluding hydrogens is 316 g/mol. The lowest BCUT2D eigenvalue weighted by molar-refractivity contribution is -0.134. The topological polar surface area (TPSA) is 67.4 Å². The molecule has 0 bridgehead atoms. The number of benzene rings is 1. The third kappa shape index (κ3) is 3.29. The molecule has 2 aliphatic carbocycles. The highest BCUT2D eigenvalue weighted by Crippen LogP contribution is 2.47. The van der Waals surface area contributed by atoms with Gasteiger partial charge in [0.1, 0.15) is 11.2 Å². The van der Waals surface area contributed by atoms with Gasteiger partial charge >= 0.3 is 0 Å². The fourth-order valence-corrected chi connectivity index (χ4v) is 3.33. The lowest BCUT2D eigenvalue weighted by Gasteiger charge is -2.19. The molecule has 0 aromatic heterocycles. The molecule has 2 N–H and O–H groups in total. The molecule has 2 amide bonds. The average Bonchev–Trinajstić information content (AvgIpc) is 3.20. The molecule has 23 heavy (non-hydrogen) atoms. The zero-order chi connectivity index (χ0) is 16.4. The molecule has 0 saturated heterocycles. The summed E-state index contributed by atoms with van der Waals surface area (Å²) in [5.74, 6) is 0.153. The van der Waals surface area contributed by atoms with Crippen molar-refractivity contribution in [2.24, 2.45) is 5.41 Å². The van der Waals surface area contributed by atoms with Crippen molar-refractivity contribution < 1.29 is 14.3 Å². The fourth-order valence-electron chi connectivity index (χ4n) is 3.07. The number of anilines is 1. The molecule has 1 aromatic carbocycles. The largest absolute Gasteiger partial charge is 0.495 e. The monoisotopic (exact) mass is 336 g/mol. The Morgan fingerprint density at radius 1 is 1.22 bits per heavy atom. The molecule has 3 rings (SSSR count). The maximum Gasteiger partial charge on any atom is 0.240 e. The van der Waals surface area contributed by atoms with Gasteiger partial charge in [-0.25, -0.2) is 0 Å². The van der Waals surface area contributed by atoms with Crippen LogP contribution in [0.1, 0.15) is 38.5 Å². The van der Waals surface area contributed by atoms with Crippen LogP contribution in [0.25, 0.3) is 0 Å². The summed E-state index contributed by atoms with van der Waals surface area (Å²) in [6.07, 6.45) is 5.51. The molecule has 0 heterocycles. The molecule has 0 aliphatic heterocycles. The number of rotatable bonds is 5. The normalized spacial score (nSPS) is 19.2. The molecule has 6 heteroatoms. The first-order valence-corrected chi connectivity index (χ1v) is 8.39. The number of ether oxygens (including phenoxy) is 1. The van der Waals surface area contributed by atoms with Gasteiger partial charge in [-0.05, 0) is 43.9 Å². The summed E-state index contributed by atoms with van der Waals surface area (Å²) >= 11 is 6.06. The van der Waals surface area contributed by atoms with Crippen molar-refractivity contribution in [1.29, 1.82) is 0 Å². The van der Waals surface area contributed by atoms with Gasteiger partial charge < -0.3 is 15.4 Å². The Bertz CT molecular complexity index is 622. The van der Waals surface area contributed by atoms with Crippen molar-refractivity contribution in [2.45, 2.75) is 44.6 Å². The lowest BCUT2D eigenvalue weighted by atomic mass is 10.0. The lowest BCUT2D eigenvalue weighted by Crippen LogP contribution is -2.43. The van der Waals surface area contributed by atoms with Crippen molar-refractivity contribution in [1.82, 2.24) is 5.32 Å². The maximum atomic E-state index is 12.5. The first-order chi connectivity index (χ1) is 11.0. The summed E-state index contributed by atoms with van der Waals surface area (Å²) in [6, 6.07) is 5.26. The Balaban J connectivity index is 1.65. The Hall–Kier alpha value is -1.75. The van der Waals surface area contributed by atoms with Crippen LogP contribution in [0.4, 0.5) is 5.69 Å². The van der Waals surface area contributed by atoms with Gasteiger partial charge in [0, 0.05) is 11.7 Å². The number of halogens is 1. The molecule has 0 atom stereocenters. The Labute approximate surface area is 140 Å². The smallest absolute Gasteiger partial charge is 0.240 e. The number of amides is 2. The number of carbonyl (C=O) groups excluding carboxylic acids is 2. The molecule has 2 aliphatic rings. The van der Waals surface area contributed by atoms with Crippen molar-refractivity contribution in [2.75, 3.05) is 12.4 Å². The van der Waals surface area contributed by atoms with E-state index >= 15 is 0 Å². The number of hydrogen-bond donors (Lipinski definition) is 2. The molecule has 1 aromatic rings. The molecule has 2 fully saturated rings. The SMILES string of the molecule is COc1ccc(NC(=O)C2(C(=O)NC3CCCC3)CC2)cc1Cl. The molecule has 124 valence electrons. The fraction of sp³-hybridized carbons (Fsp3) is 0.529. The molecule has 0 unspecified atom stereocenters. The minimum absolute atomic E-state index is 0.137. The van der Waals surface area contributed by atoms with E-state index in [0.29, 0.717) is 29.3 Å². The van der Waals surface area contributed by atoms with Gasteiger partial charge in [0.2, 0.25) is 11.8 Å². The van der Waals surface area contributed by atoms with Crippen molar-refractivity contribution in [3.63, 3.8) is 0 Å². The zero-order valence-electron chi connectivity index (χ0n) is 13.2. The number of methoxy groups -OCH3 is 1. The van der Waals surface area contributed by atoms with Crippen molar-refractivity contribution >= 4 is 29.1 Å². The highest BCUT2D eigenvalue weighted by molar-refractivity contribution is 6.32. The number of hydrogen-bond acceptors (Lipinski definition) is 3. The summed E-state index contributed by atoms with van der Waals surface area (Å²) in [7, 11) is 1.53. The van der Waals surface area contributed by atoms with E-state index in [1.165, 1.54) is 7.11 Å². The summed E-state index contributed by atoms with van der Waals surface area (Å²) in [4.78, 5) is 25.0. The first-order valence-electron chi connectivity index (χ1n) is 8.01. The number of nitrogens with one attached hydrogen (secondary N) is 2. The van der Waals surface area contributed by atoms with Gasteiger partial charge in [0.25, 0.3) is 0 Å². The molecule has 5 nitrogen and oxygen atoms in total. The highest BCUT2D eigenvalue weighted by Gasteiger charge is 2.56. The zero-order valence-corrected chi connectivity index (χ0v) is 13.9. The van der Waals surface area contributed by atoms with E-state index < -0.39 is 5.41 Å². The van der Waals surface area contributed by atoms with Gasteiger partial charge in [-0.3, -0.25) is 9.59 Å². The maximum absolute atomic E-state index is 12.5. The van der Waals surface area contributed by atoms with Gasteiger partial charge in [-0.1, -0.05) is 24.4 Å². The quantitative estimate of drug-likeness (QED) is 0.812.